The summed E-state index contributed by atoms with van der Waals surface area (Å²) in [5.41, 5.74) is 12.9. The first-order valence-electron chi connectivity index (χ1n) is 20.6. The Balaban J connectivity index is 1.08. The highest BCUT2D eigenvalue weighted by Crippen LogP contribution is 2.52. The zero-order chi connectivity index (χ0) is 41.0. The molecule has 6 heteroatoms. The van der Waals surface area contributed by atoms with E-state index in [1.54, 1.807) is 0 Å². The van der Waals surface area contributed by atoms with Crippen LogP contribution >= 0.6 is 11.3 Å². The van der Waals surface area contributed by atoms with Crippen LogP contribution in [0.2, 0.25) is 0 Å². The number of aromatic nitrogens is 4. The van der Waals surface area contributed by atoms with E-state index in [4.69, 9.17) is 24.4 Å². The number of benzene rings is 8. The van der Waals surface area contributed by atoms with Crippen LogP contribution < -0.4 is 0 Å². The van der Waals surface area contributed by atoms with Gasteiger partial charge in [0, 0.05) is 64.5 Å². The van der Waals surface area contributed by atoms with Crippen molar-refractivity contribution in [1.82, 2.24) is 19.9 Å². The highest BCUT2D eigenvalue weighted by Gasteiger charge is 2.25. The highest BCUT2D eigenvalue weighted by molar-refractivity contribution is 7.24. The van der Waals surface area contributed by atoms with Gasteiger partial charge in [-0.1, -0.05) is 176 Å². The third-order valence-corrected chi connectivity index (χ3v) is 12.8. The van der Waals surface area contributed by atoms with Crippen LogP contribution in [0.4, 0.5) is 0 Å². The van der Waals surface area contributed by atoms with Crippen LogP contribution in [0, 0.1) is 0 Å². The molecule has 8 aromatic carbocycles. The van der Waals surface area contributed by atoms with Gasteiger partial charge in [0.05, 0.1) is 11.2 Å². The van der Waals surface area contributed by atoms with Crippen LogP contribution in [-0.2, 0) is 0 Å². The molecule has 62 heavy (non-hydrogen) atoms. The fourth-order valence-corrected chi connectivity index (χ4v) is 9.99. The summed E-state index contributed by atoms with van der Waals surface area (Å²) in [6.45, 7) is 0. The third kappa shape index (κ3) is 6.16. The summed E-state index contributed by atoms with van der Waals surface area (Å²) in [6.07, 6.45) is 0. The predicted octanol–water partition coefficient (Wildman–Crippen LogP) is 15.2. The van der Waals surface area contributed by atoms with Crippen molar-refractivity contribution in [1.29, 1.82) is 0 Å². The number of rotatable bonds is 7. The van der Waals surface area contributed by atoms with Crippen molar-refractivity contribution in [2.45, 2.75) is 0 Å². The van der Waals surface area contributed by atoms with E-state index in [0.717, 1.165) is 98.9 Å². The molecular formula is C56H34N4OS. The number of para-hydroxylation sites is 3. The Labute approximate surface area is 361 Å². The topological polar surface area (TPSA) is 64.7 Å². The Morgan fingerprint density at radius 1 is 0.371 bits per heavy atom. The summed E-state index contributed by atoms with van der Waals surface area (Å²) in [6, 6.07) is 71.4. The second kappa shape index (κ2) is 14.9. The molecule has 0 saturated carbocycles. The van der Waals surface area contributed by atoms with Gasteiger partial charge in [-0.2, -0.15) is 0 Å². The van der Waals surface area contributed by atoms with Crippen LogP contribution in [0.5, 0.6) is 0 Å². The van der Waals surface area contributed by atoms with Crippen molar-refractivity contribution in [3.8, 4) is 78.1 Å². The maximum absolute atomic E-state index is 6.72. The molecule has 0 aliphatic heterocycles. The molecule has 290 valence electrons. The summed E-state index contributed by atoms with van der Waals surface area (Å²) in [7, 11) is 0. The molecule has 5 nitrogen and oxygen atoms in total. The zero-order valence-electron chi connectivity index (χ0n) is 33.2. The van der Waals surface area contributed by atoms with Gasteiger partial charge in [0.15, 0.2) is 17.5 Å². The van der Waals surface area contributed by atoms with Crippen molar-refractivity contribution in [3.63, 3.8) is 0 Å². The Bertz CT molecular complexity index is 3580. The van der Waals surface area contributed by atoms with Crippen molar-refractivity contribution in [3.05, 3.63) is 206 Å². The molecule has 0 saturated heterocycles. The first-order chi connectivity index (χ1) is 30.7. The maximum Gasteiger partial charge on any atom is 0.164 e. The summed E-state index contributed by atoms with van der Waals surface area (Å²) in [5, 5.41) is 4.46. The number of fused-ring (bicyclic) bond motifs is 6. The Kier molecular flexibility index (Phi) is 8.61. The average Bonchev–Trinajstić information content (AvgIpc) is 3.95. The average molecular weight is 811 g/mol. The van der Waals surface area contributed by atoms with Gasteiger partial charge in [0.1, 0.15) is 11.2 Å². The van der Waals surface area contributed by atoms with E-state index in [1.807, 2.05) is 78.1 Å². The van der Waals surface area contributed by atoms with Gasteiger partial charge in [0.25, 0.3) is 0 Å². The van der Waals surface area contributed by atoms with Crippen LogP contribution in [-0.4, -0.2) is 19.9 Å². The maximum atomic E-state index is 6.72. The highest BCUT2D eigenvalue weighted by atomic mass is 32.1. The molecule has 0 fully saturated rings. The molecular weight excluding hydrogens is 777 g/mol. The van der Waals surface area contributed by atoms with Crippen molar-refractivity contribution in [2.75, 3.05) is 0 Å². The number of furan rings is 1. The SMILES string of the molecule is c1ccc(-c2nc(-c3ccccc3)nc(-c3cccc(-c4cccc(-c5c(-c6cccc7c6oc6ccccc67)sc6c5c(-c5ccccc5)nc5ccccc56)c4)c3)n2)cc1. The normalized spacial score (nSPS) is 11.5. The summed E-state index contributed by atoms with van der Waals surface area (Å²) in [5.74, 6) is 1.88. The van der Waals surface area contributed by atoms with E-state index in [-0.39, 0.29) is 0 Å². The summed E-state index contributed by atoms with van der Waals surface area (Å²) >= 11 is 1.81. The molecule has 0 radical (unpaired) electrons. The summed E-state index contributed by atoms with van der Waals surface area (Å²) in [4.78, 5) is 21.6. The molecule has 0 spiro atoms. The molecule has 0 aliphatic carbocycles. The monoisotopic (exact) mass is 810 g/mol. The standard InChI is InChI=1S/C56H34N4OS/c1-4-17-35(18-5-1)50-49-48(53(62-52(49)44-28-10-12-31-46(44)57-50)45-30-16-29-43-42-27-11-13-32-47(42)61-51(43)45)40-25-14-23-38(33-40)39-24-15-26-41(34-39)56-59-54(36-19-6-2-7-20-36)58-55(60-56)37-21-8-3-9-22-37/h1-34H. The van der Waals surface area contributed by atoms with E-state index in [1.165, 1.54) is 4.70 Å². The number of nitrogens with zero attached hydrogens (tertiary/aromatic N) is 4. The summed E-state index contributed by atoms with van der Waals surface area (Å²) < 4.78 is 7.92. The minimum atomic E-state index is 0.617. The molecule has 12 aromatic rings. The van der Waals surface area contributed by atoms with Crippen molar-refractivity contribution >= 4 is 54.3 Å². The largest absolute Gasteiger partial charge is 0.455 e. The Hall–Kier alpha value is -8.06. The fourth-order valence-electron chi connectivity index (χ4n) is 8.61. The molecule has 0 atom stereocenters. The molecule has 12 rings (SSSR count). The smallest absolute Gasteiger partial charge is 0.164 e. The molecule has 0 aliphatic rings. The van der Waals surface area contributed by atoms with Crippen LogP contribution in [0.25, 0.3) is 121 Å². The fraction of sp³-hybridized carbons (Fsp3) is 0. The predicted molar refractivity (Wildman–Crippen MR) is 256 cm³/mol. The van der Waals surface area contributed by atoms with Crippen LogP contribution in [0.15, 0.2) is 211 Å². The number of thiophene rings is 1. The molecule has 4 heterocycles. The lowest BCUT2D eigenvalue weighted by atomic mass is 9.92. The van der Waals surface area contributed by atoms with Crippen LogP contribution in [0.1, 0.15) is 0 Å². The quantitative estimate of drug-likeness (QED) is 0.160. The molecule has 0 bridgehead atoms. The van der Waals surface area contributed by atoms with Crippen LogP contribution in [0.3, 0.4) is 0 Å². The van der Waals surface area contributed by atoms with Gasteiger partial charge >= 0.3 is 0 Å². The Morgan fingerprint density at radius 2 is 0.871 bits per heavy atom. The second-order valence-corrected chi connectivity index (χ2v) is 16.4. The van der Waals surface area contributed by atoms with E-state index in [9.17, 15) is 0 Å². The van der Waals surface area contributed by atoms with Crippen molar-refractivity contribution < 1.29 is 4.42 Å². The lowest BCUT2D eigenvalue weighted by Gasteiger charge is -2.13. The lowest BCUT2D eigenvalue weighted by molar-refractivity contribution is 0.670. The third-order valence-electron chi connectivity index (χ3n) is 11.5. The van der Waals surface area contributed by atoms with Gasteiger partial charge in [0.2, 0.25) is 0 Å². The van der Waals surface area contributed by atoms with E-state index >= 15 is 0 Å². The van der Waals surface area contributed by atoms with Gasteiger partial charge in [-0.25, -0.2) is 19.9 Å². The molecule has 4 aromatic heterocycles. The molecule has 0 unspecified atom stereocenters. The van der Waals surface area contributed by atoms with Gasteiger partial charge in [-0.05, 0) is 47.0 Å². The number of hydrogen-bond acceptors (Lipinski definition) is 6. The van der Waals surface area contributed by atoms with Gasteiger partial charge < -0.3 is 4.42 Å². The molecule has 0 N–H and O–H groups in total. The first kappa shape index (κ1) is 35.8. The zero-order valence-corrected chi connectivity index (χ0v) is 34.1. The lowest BCUT2D eigenvalue weighted by Crippen LogP contribution is -2.00. The Morgan fingerprint density at radius 3 is 1.56 bits per heavy atom. The van der Waals surface area contributed by atoms with Gasteiger partial charge in [-0.15, -0.1) is 11.3 Å². The van der Waals surface area contributed by atoms with E-state index in [2.05, 4.69) is 140 Å². The van der Waals surface area contributed by atoms with Gasteiger partial charge in [-0.3, -0.25) is 0 Å². The number of pyridine rings is 1. The first-order valence-corrected chi connectivity index (χ1v) is 21.4. The minimum Gasteiger partial charge on any atom is -0.455 e. The molecule has 0 amide bonds. The second-order valence-electron chi connectivity index (χ2n) is 15.3. The minimum absolute atomic E-state index is 0.617. The van der Waals surface area contributed by atoms with E-state index < -0.39 is 0 Å². The van der Waals surface area contributed by atoms with E-state index in [0.29, 0.717) is 17.5 Å². The number of hydrogen-bond donors (Lipinski definition) is 0. The van der Waals surface area contributed by atoms with Crippen molar-refractivity contribution in [2.24, 2.45) is 0 Å².